The molecule has 116 valence electrons. The fourth-order valence-corrected chi connectivity index (χ4v) is 3.41. The van der Waals surface area contributed by atoms with E-state index >= 15 is 0 Å². The Kier molecular flexibility index (Phi) is 4.85. The van der Waals surface area contributed by atoms with Crippen molar-refractivity contribution in [1.29, 1.82) is 0 Å². The highest BCUT2D eigenvalue weighted by molar-refractivity contribution is 7.09. The van der Waals surface area contributed by atoms with Gasteiger partial charge in [-0.25, -0.2) is 4.98 Å². The molecule has 5 heteroatoms. The van der Waals surface area contributed by atoms with Crippen LogP contribution in [-0.4, -0.2) is 23.5 Å². The first kappa shape index (κ1) is 15.2. The van der Waals surface area contributed by atoms with Gasteiger partial charge in [-0.2, -0.15) is 0 Å². The number of carbonyl (C=O) groups is 1. The predicted molar refractivity (Wildman–Crippen MR) is 91.2 cm³/mol. The molecule has 0 bridgehead atoms. The summed E-state index contributed by atoms with van der Waals surface area (Å²) in [6, 6.07) is 8.40. The van der Waals surface area contributed by atoms with Crippen LogP contribution in [0.4, 0.5) is 5.69 Å². The quantitative estimate of drug-likeness (QED) is 0.886. The first-order chi connectivity index (χ1) is 10.7. The second-order valence-electron chi connectivity index (χ2n) is 5.71. The molecular formula is C17H21N3OS. The van der Waals surface area contributed by atoms with Crippen LogP contribution in [0.25, 0.3) is 11.3 Å². The highest BCUT2D eigenvalue weighted by atomic mass is 32.1. The molecule has 1 aliphatic rings. The highest BCUT2D eigenvalue weighted by Crippen LogP contribution is 2.24. The van der Waals surface area contributed by atoms with Gasteiger partial charge >= 0.3 is 0 Å². The van der Waals surface area contributed by atoms with Crippen molar-refractivity contribution in [2.24, 2.45) is 0 Å². The maximum atomic E-state index is 12.1. The first-order valence-electron chi connectivity index (χ1n) is 7.76. The van der Waals surface area contributed by atoms with Crippen molar-refractivity contribution in [1.82, 2.24) is 10.3 Å². The van der Waals surface area contributed by atoms with Crippen LogP contribution in [0.15, 0.2) is 29.6 Å². The molecule has 1 fully saturated rings. The second-order valence-corrected chi connectivity index (χ2v) is 6.77. The molecule has 0 aliphatic carbocycles. The van der Waals surface area contributed by atoms with Gasteiger partial charge in [-0.15, -0.1) is 11.3 Å². The average molecular weight is 315 g/mol. The van der Waals surface area contributed by atoms with Crippen LogP contribution in [0, 0.1) is 6.92 Å². The van der Waals surface area contributed by atoms with Crippen LogP contribution in [0.3, 0.4) is 0 Å². The van der Waals surface area contributed by atoms with Gasteiger partial charge in [0, 0.05) is 29.1 Å². The van der Waals surface area contributed by atoms with E-state index in [-0.39, 0.29) is 5.91 Å². The highest BCUT2D eigenvalue weighted by Gasteiger charge is 2.15. The zero-order valence-electron chi connectivity index (χ0n) is 12.8. The van der Waals surface area contributed by atoms with Crippen LogP contribution in [0.5, 0.6) is 0 Å². The first-order valence-corrected chi connectivity index (χ1v) is 8.64. The zero-order valence-corrected chi connectivity index (χ0v) is 13.6. The molecule has 1 atom stereocenters. The fraction of sp³-hybridized carbons (Fsp3) is 0.412. The molecule has 2 N–H and O–H groups in total. The number of rotatable bonds is 5. The van der Waals surface area contributed by atoms with E-state index in [1.54, 1.807) is 11.3 Å². The Balaban J connectivity index is 1.58. The van der Waals surface area contributed by atoms with E-state index < -0.39 is 0 Å². The van der Waals surface area contributed by atoms with Crippen LogP contribution in [0.2, 0.25) is 0 Å². The van der Waals surface area contributed by atoms with E-state index in [1.807, 2.05) is 36.6 Å². The van der Waals surface area contributed by atoms with Crippen LogP contribution >= 0.6 is 11.3 Å². The number of amides is 1. The third kappa shape index (κ3) is 3.93. The average Bonchev–Trinajstić information content (AvgIpc) is 3.17. The minimum Gasteiger partial charge on any atom is -0.326 e. The molecule has 2 heterocycles. The van der Waals surface area contributed by atoms with E-state index in [2.05, 4.69) is 15.6 Å². The van der Waals surface area contributed by atoms with Gasteiger partial charge in [0.1, 0.15) is 0 Å². The molecule has 1 unspecified atom stereocenters. The van der Waals surface area contributed by atoms with Crippen molar-refractivity contribution in [3.63, 3.8) is 0 Å². The van der Waals surface area contributed by atoms with Gasteiger partial charge in [0.05, 0.1) is 10.7 Å². The largest absolute Gasteiger partial charge is 0.326 e. The number of nitrogens with zero attached hydrogens (tertiary/aromatic N) is 1. The van der Waals surface area contributed by atoms with Crippen molar-refractivity contribution in [2.45, 2.75) is 38.6 Å². The number of hydrogen-bond donors (Lipinski definition) is 2. The number of anilines is 1. The number of thiazole rings is 1. The zero-order chi connectivity index (χ0) is 15.4. The molecule has 0 saturated carbocycles. The monoisotopic (exact) mass is 315 g/mol. The molecule has 3 rings (SSSR count). The lowest BCUT2D eigenvalue weighted by molar-refractivity contribution is -0.116. The Morgan fingerprint density at radius 1 is 1.50 bits per heavy atom. The van der Waals surface area contributed by atoms with Gasteiger partial charge in [-0.05, 0) is 44.9 Å². The van der Waals surface area contributed by atoms with Gasteiger partial charge in [-0.1, -0.05) is 12.1 Å². The Morgan fingerprint density at radius 2 is 2.41 bits per heavy atom. The lowest BCUT2D eigenvalue weighted by Crippen LogP contribution is -2.23. The number of benzene rings is 1. The van der Waals surface area contributed by atoms with Crippen molar-refractivity contribution in [3.05, 3.63) is 34.7 Å². The molecular weight excluding hydrogens is 294 g/mol. The molecule has 1 aromatic carbocycles. The SMILES string of the molecule is Cc1nc(-c2cccc(NC(=O)CCC3CCCN3)c2)cs1. The number of nitrogens with one attached hydrogen (secondary N) is 2. The topological polar surface area (TPSA) is 54.0 Å². The minimum absolute atomic E-state index is 0.0836. The summed E-state index contributed by atoms with van der Waals surface area (Å²) < 4.78 is 0. The van der Waals surface area contributed by atoms with Crippen LogP contribution in [0.1, 0.15) is 30.7 Å². The standard InChI is InChI=1S/C17H21N3OS/c1-12-19-16(11-22-12)13-4-2-5-15(10-13)20-17(21)8-7-14-6-3-9-18-14/h2,4-5,10-11,14,18H,3,6-9H2,1H3,(H,20,21). The third-order valence-corrected chi connectivity index (χ3v) is 4.72. The Labute approximate surface area is 135 Å². The van der Waals surface area contributed by atoms with Crippen LogP contribution < -0.4 is 10.6 Å². The van der Waals surface area contributed by atoms with Gasteiger partial charge in [0.15, 0.2) is 0 Å². The summed E-state index contributed by atoms with van der Waals surface area (Å²) in [4.78, 5) is 16.6. The van der Waals surface area contributed by atoms with E-state index in [1.165, 1.54) is 12.8 Å². The lowest BCUT2D eigenvalue weighted by Gasteiger charge is -2.10. The molecule has 22 heavy (non-hydrogen) atoms. The third-order valence-electron chi connectivity index (χ3n) is 3.94. The fourth-order valence-electron chi connectivity index (χ4n) is 2.78. The summed E-state index contributed by atoms with van der Waals surface area (Å²) in [6.45, 7) is 3.08. The number of aryl methyl sites for hydroxylation is 1. The molecule has 1 aliphatic heterocycles. The molecule has 1 aromatic heterocycles. The summed E-state index contributed by atoms with van der Waals surface area (Å²) in [5.74, 6) is 0.0836. The summed E-state index contributed by atoms with van der Waals surface area (Å²) in [5, 5.41) is 9.51. The molecule has 0 radical (unpaired) electrons. The summed E-state index contributed by atoms with van der Waals surface area (Å²) in [6.07, 6.45) is 3.89. The Hall–Kier alpha value is -1.72. The van der Waals surface area contributed by atoms with E-state index in [0.717, 1.165) is 34.9 Å². The molecule has 0 spiro atoms. The van der Waals surface area contributed by atoms with Gasteiger partial charge < -0.3 is 10.6 Å². The number of carbonyl (C=O) groups excluding carboxylic acids is 1. The predicted octanol–water partition coefficient (Wildman–Crippen LogP) is 3.59. The minimum atomic E-state index is 0.0836. The van der Waals surface area contributed by atoms with E-state index in [0.29, 0.717) is 12.5 Å². The number of aromatic nitrogens is 1. The van der Waals surface area contributed by atoms with Gasteiger partial charge in [0.25, 0.3) is 0 Å². The second kappa shape index (κ2) is 7.03. The lowest BCUT2D eigenvalue weighted by atomic mass is 10.1. The normalized spacial score (nSPS) is 17.6. The van der Waals surface area contributed by atoms with Crippen molar-refractivity contribution in [3.8, 4) is 11.3 Å². The summed E-state index contributed by atoms with van der Waals surface area (Å²) in [5.41, 5.74) is 2.85. The van der Waals surface area contributed by atoms with Crippen molar-refractivity contribution < 1.29 is 4.79 Å². The smallest absolute Gasteiger partial charge is 0.224 e. The maximum Gasteiger partial charge on any atom is 0.224 e. The Morgan fingerprint density at radius 3 is 3.14 bits per heavy atom. The summed E-state index contributed by atoms with van der Waals surface area (Å²) >= 11 is 1.64. The van der Waals surface area contributed by atoms with Gasteiger partial charge in [-0.3, -0.25) is 4.79 Å². The molecule has 1 saturated heterocycles. The summed E-state index contributed by atoms with van der Waals surface area (Å²) in [7, 11) is 0. The molecule has 2 aromatic rings. The van der Waals surface area contributed by atoms with Gasteiger partial charge in [0.2, 0.25) is 5.91 Å². The van der Waals surface area contributed by atoms with E-state index in [4.69, 9.17) is 0 Å². The Bertz CT molecular complexity index is 647. The number of hydrogen-bond acceptors (Lipinski definition) is 4. The van der Waals surface area contributed by atoms with Crippen molar-refractivity contribution in [2.75, 3.05) is 11.9 Å². The maximum absolute atomic E-state index is 12.1. The van der Waals surface area contributed by atoms with Crippen molar-refractivity contribution >= 4 is 22.9 Å². The van der Waals surface area contributed by atoms with E-state index in [9.17, 15) is 4.79 Å². The molecule has 1 amide bonds. The molecule has 4 nitrogen and oxygen atoms in total. The van der Waals surface area contributed by atoms with Crippen LogP contribution in [-0.2, 0) is 4.79 Å².